The highest BCUT2D eigenvalue weighted by atomic mass is 16.5. The molecule has 1 aliphatic heterocycles. The summed E-state index contributed by atoms with van der Waals surface area (Å²) in [4.78, 5) is 2.59. The van der Waals surface area contributed by atoms with Crippen molar-refractivity contribution in [3.8, 4) is 0 Å². The zero-order chi connectivity index (χ0) is 7.40. The van der Waals surface area contributed by atoms with Crippen LogP contribution in [0.3, 0.4) is 0 Å². The van der Waals surface area contributed by atoms with Gasteiger partial charge in [0.05, 0.1) is 18.8 Å². The number of azide groups is 1. The van der Waals surface area contributed by atoms with E-state index in [9.17, 15) is 0 Å². The van der Waals surface area contributed by atoms with Crippen molar-refractivity contribution in [3.63, 3.8) is 0 Å². The Morgan fingerprint density at radius 3 is 3.10 bits per heavy atom. The van der Waals surface area contributed by atoms with Gasteiger partial charge in [0.2, 0.25) is 0 Å². The van der Waals surface area contributed by atoms with Crippen molar-refractivity contribution in [2.75, 3.05) is 13.2 Å². The fourth-order valence-electron chi connectivity index (χ4n) is 0.888. The van der Waals surface area contributed by atoms with Crippen molar-refractivity contribution in [2.45, 2.75) is 18.6 Å². The van der Waals surface area contributed by atoms with Crippen LogP contribution in [0.4, 0.5) is 0 Å². The number of ether oxygens (including phenoxy) is 1. The molecule has 0 unspecified atom stereocenters. The molecule has 0 radical (unpaired) electrons. The van der Waals surface area contributed by atoms with Gasteiger partial charge in [0.25, 0.3) is 0 Å². The quantitative estimate of drug-likeness (QED) is 0.328. The molecule has 1 aliphatic rings. The lowest BCUT2D eigenvalue weighted by Gasteiger charge is -2.23. The van der Waals surface area contributed by atoms with Crippen LogP contribution in [0.15, 0.2) is 5.11 Å². The Morgan fingerprint density at radius 2 is 2.50 bits per heavy atom. The molecule has 0 spiro atoms. The molecule has 0 saturated carbocycles. The lowest BCUT2D eigenvalue weighted by molar-refractivity contribution is -0.00298. The molecule has 10 heavy (non-hydrogen) atoms. The summed E-state index contributed by atoms with van der Waals surface area (Å²) in [6, 6.07) is -0.390. The monoisotopic (exact) mass is 143 g/mol. The van der Waals surface area contributed by atoms with E-state index in [4.69, 9.17) is 15.4 Å². The summed E-state index contributed by atoms with van der Waals surface area (Å²) in [5, 5.41) is 12.5. The third-order valence-electron chi connectivity index (χ3n) is 1.49. The average molecular weight is 143 g/mol. The van der Waals surface area contributed by atoms with Crippen LogP contribution in [0.2, 0.25) is 0 Å². The zero-order valence-electron chi connectivity index (χ0n) is 5.47. The molecule has 0 bridgehead atoms. The predicted octanol–water partition coefficient (Wildman–Crippen LogP) is 0.447. The van der Waals surface area contributed by atoms with Gasteiger partial charge < -0.3 is 9.84 Å². The van der Waals surface area contributed by atoms with Crippen LogP contribution in [0.5, 0.6) is 0 Å². The maximum absolute atomic E-state index is 9.16. The van der Waals surface area contributed by atoms with Gasteiger partial charge in [0.15, 0.2) is 0 Å². The van der Waals surface area contributed by atoms with Crippen molar-refractivity contribution in [3.05, 3.63) is 10.4 Å². The lowest BCUT2D eigenvalue weighted by atomic mass is 10.1. The van der Waals surface area contributed by atoms with Crippen molar-refractivity contribution < 1.29 is 9.84 Å². The van der Waals surface area contributed by atoms with Gasteiger partial charge in [0.1, 0.15) is 0 Å². The third-order valence-corrected chi connectivity index (χ3v) is 1.49. The fourth-order valence-corrected chi connectivity index (χ4v) is 0.888. The van der Waals surface area contributed by atoms with Crippen LogP contribution in [0, 0.1) is 0 Å². The van der Waals surface area contributed by atoms with E-state index < -0.39 is 12.1 Å². The van der Waals surface area contributed by atoms with Crippen molar-refractivity contribution in [2.24, 2.45) is 5.11 Å². The second-order valence-electron chi connectivity index (χ2n) is 2.20. The number of nitrogens with zero attached hydrogens (tertiary/aromatic N) is 3. The van der Waals surface area contributed by atoms with Crippen LogP contribution in [0.25, 0.3) is 10.4 Å². The van der Waals surface area contributed by atoms with Gasteiger partial charge >= 0.3 is 0 Å². The molecule has 1 fully saturated rings. The fraction of sp³-hybridized carbons (Fsp3) is 1.00. The van der Waals surface area contributed by atoms with E-state index in [1.807, 2.05) is 0 Å². The Labute approximate surface area is 58.2 Å². The van der Waals surface area contributed by atoms with E-state index in [-0.39, 0.29) is 0 Å². The summed E-state index contributed by atoms with van der Waals surface area (Å²) in [5.74, 6) is 0. The van der Waals surface area contributed by atoms with Gasteiger partial charge in [0, 0.05) is 11.5 Å². The van der Waals surface area contributed by atoms with Crippen LogP contribution in [0.1, 0.15) is 6.42 Å². The summed E-state index contributed by atoms with van der Waals surface area (Å²) >= 11 is 0. The van der Waals surface area contributed by atoms with E-state index in [1.54, 1.807) is 0 Å². The van der Waals surface area contributed by atoms with Gasteiger partial charge in [-0.3, -0.25) is 0 Å². The first-order chi connectivity index (χ1) is 4.84. The average Bonchev–Trinajstić information content (AvgIpc) is 1.94. The number of hydrogen-bond acceptors (Lipinski definition) is 3. The van der Waals surface area contributed by atoms with Crippen LogP contribution in [-0.4, -0.2) is 30.5 Å². The number of aliphatic hydroxyl groups is 1. The first-order valence-electron chi connectivity index (χ1n) is 3.14. The number of aliphatic hydroxyl groups excluding tert-OH is 1. The van der Waals surface area contributed by atoms with E-state index in [2.05, 4.69) is 10.0 Å². The van der Waals surface area contributed by atoms with Crippen LogP contribution >= 0.6 is 0 Å². The Morgan fingerprint density at radius 1 is 1.70 bits per heavy atom. The molecule has 2 atom stereocenters. The van der Waals surface area contributed by atoms with E-state index in [1.165, 1.54) is 0 Å². The summed E-state index contributed by atoms with van der Waals surface area (Å²) in [5.41, 5.74) is 8.03. The largest absolute Gasteiger partial charge is 0.393 e. The molecule has 0 amide bonds. The first kappa shape index (κ1) is 7.34. The highest BCUT2D eigenvalue weighted by Crippen LogP contribution is 2.10. The van der Waals surface area contributed by atoms with Gasteiger partial charge in [-0.25, -0.2) is 0 Å². The molecule has 1 heterocycles. The SMILES string of the molecule is [N-]=[N+]=N[C@@H]1COCC[C@H]1O. The Bertz CT molecular complexity index is 155. The molecule has 5 heteroatoms. The zero-order valence-corrected chi connectivity index (χ0v) is 5.47. The maximum atomic E-state index is 9.16. The molecule has 56 valence electrons. The van der Waals surface area contributed by atoms with Crippen molar-refractivity contribution >= 4 is 0 Å². The Balaban J connectivity index is 2.47. The standard InChI is InChI=1S/C5H9N3O2/c6-8-7-4-3-10-2-1-5(4)9/h4-5,9H,1-3H2/t4-,5-/m1/s1. The van der Waals surface area contributed by atoms with E-state index in [0.29, 0.717) is 19.6 Å². The van der Waals surface area contributed by atoms with Crippen molar-refractivity contribution in [1.82, 2.24) is 0 Å². The third kappa shape index (κ3) is 1.60. The summed E-state index contributed by atoms with van der Waals surface area (Å²) in [7, 11) is 0. The minimum atomic E-state index is -0.523. The van der Waals surface area contributed by atoms with Gasteiger partial charge in [-0.15, -0.1) is 0 Å². The van der Waals surface area contributed by atoms with Crippen LogP contribution < -0.4 is 0 Å². The molecule has 1 saturated heterocycles. The van der Waals surface area contributed by atoms with Crippen molar-refractivity contribution in [1.29, 1.82) is 0 Å². The van der Waals surface area contributed by atoms with Gasteiger partial charge in [-0.1, -0.05) is 5.11 Å². The molecule has 0 aromatic heterocycles. The second-order valence-corrected chi connectivity index (χ2v) is 2.20. The second kappa shape index (κ2) is 3.41. The predicted molar refractivity (Wildman–Crippen MR) is 34.4 cm³/mol. The molecular formula is C5H9N3O2. The summed E-state index contributed by atoms with van der Waals surface area (Å²) < 4.78 is 4.98. The van der Waals surface area contributed by atoms with E-state index in [0.717, 1.165) is 0 Å². The van der Waals surface area contributed by atoms with Gasteiger partial charge in [-0.05, 0) is 12.0 Å². The topological polar surface area (TPSA) is 78.2 Å². The smallest absolute Gasteiger partial charge is 0.0867 e. The normalized spacial score (nSPS) is 32.9. The highest BCUT2D eigenvalue weighted by molar-refractivity contribution is 4.78. The Hall–Kier alpha value is -0.770. The first-order valence-corrected chi connectivity index (χ1v) is 3.14. The lowest BCUT2D eigenvalue weighted by Crippen LogP contribution is -2.34. The molecule has 0 aromatic rings. The summed E-state index contributed by atoms with van der Waals surface area (Å²) in [6.45, 7) is 0.893. The number of hydrogen-bond donors (Lipinski definition) is 1. The maximum Gasteiger partial charge on any atom is 0.0867 e. The van der Waals surface area contributed by atoms with E-state index >= 15 is 0 Å². The van der Waals surface area contributed by atoms with Gasteiger partial charge in [-0.2, -0.15) is 0 Å². The molecule has 0 aliphatic carbocycles. The highest BCUT2D eigenvalue weighted by Gasteiger charge is 2.21. The molecule has 1 rings (SSSR count). The Kier molecular flexibility index (Phi) is 2.50. The minimum absolute atomic E-state index is 0.339. The minimum Gasteiger partial charge on any atom is -0.393 e. The molecule has 0 aromatic carbocycles. The molecule has 1 N–H and O–H groups in total. The van der Waals surface area contributed by atoms with Crippen LogP contribution in [-0.2, 0) is 4.74 Å². The number of rotatable bonds is 1. The molecule has 5 nitrogen and oxygen atoms in total. The summed E-state index contributed by atoms with van der Waals surface area (Å²) in [6.07, 6.45) is 0.0357. The molecular weight excluding hydrogens is 134 g/mol.